The molecule has 1 aliphatic rings. The Labute approximate surface area is 125 Å². The van der Waals surface area contributed by atoms with Crippen molar-refractivity contribution in [1.82, 2.24) is 0 Å². The first kappa shape index (κ1) is 16.8. The molecule has 1 aliphatic carbocycles. The maximum absolute atomic E-state index is 4.37. The van der Waals surface area contributed by atoms with Gasteiger partial charge in [-0.2, -0.15) is 0 Å². The van der Waals surface area contributed by atoms with Gasteiger partial charge in [0.1, 0.15) is 0 Å². The zero-order valence-corrected chi connectivity index (χ0v) is 13.6. The predicted octanol–water partition coefficient (Wildman–Crippen LogP) is 6.54. The zero-order valence-electron chi connectivity index (χ0n) is 13.6. The molecule has 0 heteroatoms. The summed E-state index contributed by atoms with van der Waals surface area (Å²) in [5, 5.41) is 0. The minimum absolute atomic E-state index is 0.677. The van der Waals surface area contributed by atoms with Gasteiger partial charge in [0.05, 0.1) is 0 Å². The summed E-state index contributed by atoms with van der Waals surface area (Å²) in [7, 11) is 0. The molecule has 0 amide bonds. The second-order valence-electron chi connectivity index (χ2n) is 6.32. The van der Waals surface area contributed by atoms with Crippen molar-refractivity contribution in [3.63, 3.8) is 0 Å². The summed E-state index contributed by atoms with van der Waals surface area (Å²) in [4.78, 5) is 0. The molecule has 0 heterocycles. The van der Waals surface area contributed by atoms with Gasteiger partial charge in [-0.15, -0.1) is 0 Å². The smallest absolute Gasteiger partial charge is 0.0106 e. The van der Waals surface area contributed by atoms with Crippen LogP contribution in [-0.2, 0) is 0 Å². The Morgan fingerprint density at radius 1 is 1.30 bits per heavy atom. The van der Waals surface area contributed by atoms with E-state index in [0.717, 1.165) is 24.8 Å². The highest BCUT2D eigenvalue weighted by Crippen LogP contribution is 2.33. The first-order valence-electron chi connectivity index (χ1n) is 7.72. The van der Waals surface area contributed by atoms with Crippen molar-refractivity contribution in [2.75, 3.05) is 0 Å². The van der Waals surface area contributed by atoms with E-state index in [1.165, 1.54) is 36.0 Å². The maximum atomic E-state index is 4.37. The number of allylic oxidation sites excluding steroid dienone is 7. The fourth-order valence-corrected chi connectivity index (χ4v) is 2.68. The van der Waals surface area contributed by atoms with Crippen molar-refractivity contribution < 1.29 is 0 Å². The van der Waals surface area contributed by atoms with Crippen LogP contribution in [0.4, 0.5) is 0 Å². The fraction of sp³-hybridized carbons (Fsp3) is 0.500. The molecule has 0 radical (unpaired) electrons. The third-order valence-electron chi connectivity index (χ3n) is 4.40. The Kier molecular flexibility index (Phi) is 6.78. The molecule has 0 saturated carbocycles. The predicted molar refractivity (Wildman–Crippen MR) is 91.8 cm³/mol. The summed E-state index contributed by atoms with van der Waals surface area (Å²) in [6.07, 6.45) is 11.1. The Morgan fingerprint density at radius 3 is 2.50 bits per heavy atom. The summed E-state index contributed by atoms with van der Waals surface area (Å²) < 4.78 is 0. The molecule has 0 aromatic rings. The zero-order chi connectivity index (χ0) is 15.1. The van der Waals surface area contributed by atoms with Gasteiger partial charge in [0.15, 0.2) is 0 Å². The van der Waals surface area contributed by atoms with Crippen LogP contribution in [0, 0.1) is 5.92 Å². The number of hydrogen-bond acceptors (Lipinski definition) is 0. The second-order valence-corrected chi connectivity index (χ2v) is 6.32. The average Bonchev–Trinajstić information content (AvgIpc) is 2.43. The largest absolute Gasteiger partial charge is 0.0992 e. The van der Waals surface area contributed by atoms with Gasteiger partial charge in [-0.05, 0) is 65.2 Å². The van der Waals surface area contributed by atoms with Crippen LogP contribution >= 0.6 is 0 Å². The Bertz CT molecular complexity index is 439. The molecule has 0 N–H and O–H groups in total. The van der Waals surface area contributed by atoms with Crippen LogP contribution in [0.3, 0.4) is 0 Å². The standard InChI is InChI=1S/C20H30/c1-7-16(4)8-13-20(15(2)3)14-18(6)19-11-9-17(5)10-12-19/h7,9,19H,1,4,6,8,10-14H2,2-3,5H3/t19-/m1/s1. The van der Waals surface area contributed by atoms with Gasteiger partial charge in [-0.1, -0.05) is 59.8 Å². The molecule has 1 rings (SSSR count). The Morgan fingerprint density at radius 2 is 2.00 bits per heavy atom. The molecular weight excluding hydrogens is 240 g/mol. The summed E-state index contributed by atoms with van der Waals surface area (Å²) >= 11 is 0. The van der Waals surface area contributed by atoms with E-state index in [9.17, 15) is 0 Å². The fourth-order valence-electron chi connectivity index (χ4n) is 2.68. The van der Waals surface area contributed by atoms with Crippen molar-refractivity contribution in [3.05, 3.63) is 59.8 Å². The second kappa shape index (κ2) is 8.09. The monoisotopic (exact) mass is 270 g/mol. The van der Waals surface area contributed by atoms with Crippen LogP contribution in [0.15, 0.2) is 59.8 Å². The molecular formula is C20H30. The molecule has 20 heavy (non-hydrogen) atoms. The third-order valence-corrected chi connectivity index (χ3v) is 4.40. The first-order chi connectivity index (χ1) is 9.43. The lowest BCUT2D eigenvalue weighted by Gasteiger charge is -2.24. The van der Waals surface area contributed by atoms with Crippen LogP contribution < -0.4 is 0 Å². The van der Waals surface area contributed by atoms with Crippen LogP contribution in [0.2, 0.25) is 0 Å². The molecule has 0 saturated heterocycles. The van der Waals surface area contributed by atoms with Gasteiger partial charge in [-0.25, -0.2) is 0 Å². The van der Waals surface area contributed by atoms with E-state index in [4.69, 9.17) is 0 Å². The van der Waals surface area contributed by atoms with Gasteiger partial charge < -0.3 is 0 Å². The number of rotatable bonds is 7. The molecule has 0 nitrogen and oxygen atoms in total. The van der Waals surface area contributed by atoms with E-state index in [1.807, 2.05) is 6.08 Å². The highest BCUT2D eigenvalue weighted by Gasteiger charge is 2.16. The topological polar surface area (TPSA) is 0 Å². The van der Waals surface area contributed by atoms with Crippen molar-refractivity contribution in [3.8, 4) is 0 Å². The molecule has 0 aromatic carbocycles. The number of hydrogen-bond donors (Lipinski definition) is 0. The summed E-state index contributed by atoms with van der Waals surface area (Å²) in [6, 6.07) is 0. The highest BCUT2D eigenvalue weighted by molar-refractivity contribution is 5.23. The molecule has 0 aliphatic heterocycles. The lowest BCUT2D eigenvalue weighted by molar-refractivity contribution is 0.528. The molecule has 110 valence electrons. The third kappa shape index (κ3) is 5.36. The molecule has 0 aromatic heterocycles. The van der Waals surface area contributed by atoms with E-state index >= 15 is 0 Å². The van der Waals surface area contributed by atoms with Gasteiger partial charge >= 0.3 is 0 Å². The van der Waals surface area contributed by atoms with E-state index in [1.54, 1.807) is 5.57 Å². The quantitative estimate of drug-likeness (QED) is 0.364. The highest BCUT2D eigenvalue weighted by atomic mass is 14.2. The van der Waals surface area contributed by atoms with Gasteiger partial charge in [0, 0.05) is 0 Å². The van der Waals surface area contributed by atoms with Gasteiger partial charge in [-0.3, -0.25) is 0 Å². The molecule has 0 spiro atoms. The lowest BCUT2D eigenvalue weighted by Crippen LogP contribution is -2.08. The van der Waals surface area contributed by atoms with Crippen molar-refractivity contribution >= 4 is 0 Å². The van der Waals surface area contributed by atoms with Crippen LogP contribution in [0.25, 0.3) is 0 Å². The van der Waals surface area contributed by atoms with E-state index < -0.39 is 0 Å². The van der Waals surface area contributed by atoms with Crippen LogP contribution in [-0.4, -0.2) is 0 Å². The molecule has 0 fully saturated rings. The minimum atomic E-state index is 0.677. The average molecular weight is 270 g/mol. The van der Waals surface area contributed by atoms with E-state index in [-0.39, 0.29) is 0 Å². The van der Waals surface area contributed by atoms with Crippen LogP contribution in [0.5, 0.6) is 0 Å². The Balaban J connectivity index is 2.58. The minimum Gasteiger partial charge on any atom is -0.0992 e. The van der Waals surface area contributed by atoms with Crippen LogP contribution in [0.1, 0.15) is 59.3 Å². The SMILES string of the molecule is C=CC(=C)CCC(CC(=C)[C@@H]1CC=C(C)CC1)=C(C)C. The van der Waals surface area contributed by atoms with Gasteiger partial charge in [0.25, 0.3) is 0 Å². The lowest BCUT2D eigenvalue weighted by atomic mass is 9.82. The summed E-state index contributed by atoms with van der Waals surface area (Å²) in [5.41, 5.74) is 7.05. The normalized spacial score (nSPS) is 18.1. The van der Waals surface area contributed by atoms with Crippen molar-refractivity contribution in [1.29, 1.82) is 0 Å². The summed E-state index contributed by atoms with van der Waals surface area (Å²) in [6.45, 7) is 18.8. The molecule has 0 bridgehead atoms. The van der Waals surface area contributed by atoms with Crippen molar-refractivity contribution in [2.45, 2.75) is 59.3 Å². The summed E-state index contributed by atoms with van der Waals surface area (Å²) in [5.74, 6) is 0.677. The molecule has 0 unspecified atom stereocenters. The first-order valence-corrected chi connectivity index (χ1v) is 7.72. The van der Waals surface area contributed by atoms with Crippen molar-refractivity contribution in [2.24, 2.45) is 5.92 Å². The van der Waals surface area contributed by atoms with E-state index in [0.29, 0.717) is 5.92 Å². The molecule has 1 atom stereocenters. The van der Waals surface area contributed by atoms with E-state index in [2.05, 4.69) is 46.6 Å². The van der Waals surface area contributed by atoms with Gasteiger partial charge in [0.2, 0.25) is 0 Å². The maximum Gasteiger partial charge on any atom is -0.0106 e. The Hall–Kier alpha value is -1.30.